The molecule has 0 unspecified atom stereocenters. The lowest BCUT2D eigenvalue weighted by Gasteiger charge is -2.39. The van der Waals surface area contributed by atoms with Crippen LogP contribution in [-0.4, -0.2) is 55.1 Å². The van der Waals surface area contributed by atoms with Gasteiger partial charge in [0.2, 0.25) is 12.4 Å². The van der Waals surface area contributed by atoms with Crippen LogP contribution in [0.15, 0.2) is 0 Å². The Labute approximate surface area is 126 Å². The molecule has 1 heterocycles. The van der Waals surface area contributed by atoms with Gasteiger partial charge in [-0.2, -0.15) is 0 Å². The van der Waals surface area contributed by atoms with Gasteiger partial charge in [-0.25, -0.2) is 0 Å². The van der Waals surface area contributed by atoms with Gasteiger partial charge >= 0.3 is 23.9 Å². The summed E-state index contributed by atoms with van der Waals surface area (Å²) in [7, 11) is 0. The predicted octanol–water partition coefficient (Wildman–Crippen LogP) is -0.299. The maximum atomic E-state index is 11.3. The largest absolute Gasteiger partial charge is 0.456 e. The molecule has 0 saturated carbocycles. The summed E-state index contributed by atoms with van der Waals surface area (Å²) >= 11 is 0. The van der Waals surface area contributed by atoms with Crippen LogP contribution in [0.25, 0.3) is 0 Å². The summed E-state index contributed by atoms with van der Waals surface area (Å²) < 4.78 is 25.2. The van der Waals surface area contributed by atoms with E-state index in [2.05, 4.69) is 0 Å². The van der Waals surface area contributed by atoms with Gasteiger partial charge in [0.05, 0.1) is 6.61 Å². The monoisotopic (exact) mass is 318 g/mol. The Balaban J connectivity index is 3.03. The number of carbonyl (C=O) groups is 4. The minimum absolute atomic E-state index is 0.187. The number of hydrogen-bond donors (Lipinski definition) is 0. The molecule has 4 atom stereocenters. The lowest BCUT2D eigenvalue weighted by Crippen LogP contribution is -2.58. The third-order valence-corrected chi connectivity index (χ3v) is 2.59. The van der Waals surface area contributed by atoms with Crippen molar-refractivity contribution in [1.82, 2.24) is 0 Å². The Morgan fingerprint density at radius 2 is 1.18 bits per heavy atom. The van der Waals surface area contributed by atoms with Crippen molar-refractivity contribution >= 4 is 23.9 Å². The molecule has 124 valence electrons. The van der Waals surface area contributed by atoms with E-state index in [4.69, 9.17) is 23.7 Å². The van der Waals surface area contributed by atoms with Gasteiger partial charge in [0.15, 0.2) is 12.2 Å². The highest BCUT2D eigenvalue weighted by molar-refractivity contribution is 5.69. The molecule has 0 aliphatic carbocycles. The molecule has 0 bridgehead atoms. The average molecular weight is 318 g/mol. The Morgan fingerprint density at radius 1 is 0.727 bits per heavy atom. The first-order valence-corrected chi connectivity index (χ1v) is 6.51. The molecule has 1 saturated heterocycles. The number of carbonyl (C=O) groups excluding carboxylic acids is 4. The molecule has 0 radical (unpaired) electrons. The molecule has 1 fully saturated rings. The predicted molar refractivity (Wildman–Crippen MR) is 68.2 cm³/mol. The van der Waals surface area contributed by atoms with Gasteiger partial charge in [-0.3, -0.25) is 19.2 Å². The van der Waals surface area contributed by atoms with Crippen LogP contribution in [0.1, 0.15) is 27.7 Å². The van der Waals surface area contributed by atoms with Crippen LogP contribution < -0.4 is 0 Å². The number of esters is 4. The first kappa shape index (κ1) is 17.9. The van der Waals surface area contributed by atoms with Crippen molar-refractivity contribution < 1.29 is 42.9 Å². The first-order chi connectivity index (χ1) is 10.2. The molecule has 0 aromatic carbocycles. The first-order valence-electron chi connectivity index (χ1n) is 6.51. The van der Waals surface area contributed by atoms with Gasteiger partial charge in [0, 0.05) is 27.7 Å². The van der Waals surface area contributed by atoms with E-state index < -0.39 is 48.5 Å². The van der Waals surface area contributed by atoms with Crippen LogP contribution >= 0.6 is 0 Å². The molecule has 0 aromatic rings. The van der Waals surface area contributed by atoms with Crippen molar-refractivity contribution in [2.24, 2.45) is 0 Å². The van der Waals surface area contributed by atoms with Crippen molar-refractivity contribution in [3.05, 3.63) is 0 Å². The van der Waals surface area contributed by atoms with E-state index in [0.29, 0.717) is 0 Å². The average Bonchev–Trinajstić information content (AvgIpc) is 2.34. The SMILES string of the molecule is CC(=O)O[C@@H]1OC[C@@H](OC(C)=O)[C@H](OC(C)=O)[C@@H]1OC(C)=O. The van der Waals surface area contributed by atoms with Gasteiger partial charge in [0.25, 0.3) is 0 Å². The van der Waals surface area contributed by atoms with Crippen molar-refractivity contribution in [1.29, 1.82) is 0 Å². The zero-order valence-corrected chi connectivity index (χ0v) is 12.7. The minimum Gasteiger partial charge on any atom is -0.456 e. The molecular weight excluding hydrogens is 300 g/mol. The van der Waals surface area contributed by atoms with Crippen molar-refractivity contribution in [3.8, 4) is 0 Å². The van der Waals surface area contributed by atoms with E-state index in [0.717, 1.165) is 20.8 Å². The fourth-order valence-electron chi connectivity index (χ4n) is 1.97. The molecule has 9 heteroatoms. The highest BCUT2D eigenvalue weighted by Crippen LogP contribution is 2.25. The zero-order valence-electron chi connectivity index (χ0n) is 12.7. The Kier molecular flexibility index (Phi) is 6.29. The second-order valence-corrected chi connectivity index (χ2v) is 4.61. The maximum Gasteiger partial charge on any atom is 0.305 e. The fraction of sp³-hybridized carbons (Fsp3) is 0.692. The quantitative estimate of drug-likeness (QED) is 0.509. The van der Waals surface area contributed by atoms with Gasteiger partial charge in [-0.15, -0.1) is 0 Å². The van der Waals surface area contributed by atoms with Crippen LogP contribution in [0.4, 0.5) is 0 Å². The van der Waals surface area contributed by atoms with Gasteiger partial charge < -0.3 is 23.7 Å². The van der Waals surface area contributed by atoms with Crippen LogP contribution in [0.5, 0.6) is 0 Å². The van der Waals surface area contributed by atoms with Crippen molar-refractivity contribution in [3.63, 3.8) is 0 Å². The third-order valence-electron chi connectivity index (χ3n) is 2.59. The molecule has 1 rings (SSSR count). The summed E-state index contributed by atoms with van der Waals surface area (Å²) in [5, 5.41) is 0. The van der Waals surface area contributed by atoms with Crippen molar-refractivity contribution in [2.45, 2.75) is 52.3 Å². The highest BCUT2D eigenvalue weighted by Gasteiger charge is 2.48. The van der Waals surface area contributed by atoms with Crippen LogP contribution in [0.2, 0.25) is 0 Å². The zero-order chi connectivity index (χ0) is 16.9. The molecular formula is C13H18O9. The van der Waals surface area contributed by atoms with E-state index in [1.165, 1.54) is 6.92 Å². The Morgan fingerprint density at radius 3 is 1.64 bits per heavy atom. The summed E-state index contributed by atoms with van der Waals surface area (Å²) in [6.07, 6.45) is -4.65. The van der Waals surface area contributed by atoms with E-state index >= 15 is 0 Å². The molecule has 0 spiro atoms. The maximum absolute atomic E-state index is 11.3. The summed E-state index contributed by atoms with van der Waals surface area (Å²) in [5.74, 6) is -2.68. The molecule has 22 heavy (non-hydrogen) atoms. The Bertz CT molecular complexity index is 416. The summed E-state index contributed by atoms with van der Waals surface area (Å²) in [5.41, 5.74) is 0. The van der Waals surface area contributed by atoms with Crippen LogP contribution in [-0.2, 0) is 42.9 Å². The molecule has 0 N–H and O–H groups in total. The smallest absolute Gasteiger partial charge is 0.305 e. The number of rotatable bonds is 4. The number of hydrogen-bond acceptors (Lipinski definition) is 9. The third kappa shape index (κ3) is 5.32. The summed E-state index contributed by atoms with van der Waals surface area (Å²) in [6.45, 7) is 4.40. The lowest BCUT2D eigenvalue weighted by atomic mass is 10.0. The van der Waals surface area contributed by atoms with Gasteiger partial charge in [-0.05, 0) is 0 Å². The van der Waals surface area contributed by atoms with E-state index in [1.807, 2.05) is 0 Å². The highest BCUT2D eigenvalue weighted by atomic mass is 16.7. The van der Waals surface area contributed by atoms with Crippen LogP contribution in [0, 0.1) is 0 Å². The van der Waals surface area contributed by atoms with E-state index in [9.17, 15) is 19.2 Å². The molecule has 9 nitrogen and oxygen atoms in total. The lowest BCUT2D eigenvalue weighted by molar-refractivity contribution is -0.273. The van der Waals surface area contributed by atoms with Gasteiger partial charge in [-0.1, -0.05) is 0 Å². The fourth-order valence-corrected chi connectivity index (χ4v) is 1.97. The second-order valence-electron chi connectivity index (χ2n) is 4.61. The Hall–Kier alpha value is -2.16. The normalized spacial score (nSPS) is 27.5. The van der Waals surface area contributed by atoms with E-state index in [-0.39, 0.29) is 6.61 Å². The summed E-state index contributed by atoms with van der Waals surface area (Å²) in [4.78, 5) is 44.7. The summed E-state index contributed by atoms with van der Waals surface area (Å²) in [6, 6.07) is 0. The minimum atomic E-state index is -1.27. The second kappa shape index (κ2) is 7.74. The standard InChI is InChI=1S/C13H18O9/c1-6(14)19-10-5-18-13(22-9(4)17)12(21-8(3)16)11(10)20-7(2)15/h10-13H,5H2,1-4H3/t10-,11+,12+,13+/m1/s1. The number of ether oxygens (including phenoxy) is 5. The molecule has 1 aliphatic heterocycles. The van der Waals surface area contributed by atoms with Gasteiger partial charge in [0.1, 0.15) is 0 Å². The molecule has 1 aliphatic rings. The van der Waals surface area contributed by atoms with Crippen LogP contribution in [0.3, 0.4) is 0 Å². The van der Waals surface area contributed by atoms with E-state index in [1.54, 1.807) is 0 Å². The topological polar surface area (TPSA) is 114 Å². The molecule has 0 aromatic heterocycles. The van der Waals surface area contributed by atoms with Crippen molar-refractivity contribution in [2.75, 3.05) is 6.61 Å². The molecule has 0 amide bonds.